The van der Waals surface area contributed by atoms with Crippen LogP contribution in [0.3, 0.4) is 0 Å². The van der Waals surface area contributed by atoms with Crippen molar-refractivity contribution in [1.29, 1.82) is 0 Å². The van der Waals surface area contributed by atoms with E-state index in [0.29, 0.717) is 163 Å². The second-order valence-corrected chi connectivity index (χ2v) is 52.3. The number of esters is 1. The lowest BCUT2D eigenvalue weighted by atomic mass is 9.80. The number of hydrogen-bond donors (Lipinski definition) is 7. The lowest BCUT2D eigenvalue weighted by molar-refractivity contribution is -0.165. The molecule has 0 amide bonds. The van der Waals surface area contributed by atoms with Crippen LogP contribution in [0.4, 0.5) is 54.3 Å². The highest BCUT2D eigenvalue weighted by atomic mass is 35.5. The smallest absolute Gasteiger partial charge is 0.325 e. The van der Waals surface area contributed by atoms with E-state index in [-0.39, 0.29) is 68.9 Å². The molecule has 2 atom stereocenters. The van der Waals surface area contributed by atoms with Crippen LogP contribution in [0, 0.1) is 50.2 Å². The Morgan fingerprint density at radius 2 is 0.832 bits per heavy atom. The number of likely N-dealkylation sites (tertiary alicyclic amines) is 2. The van der Waals surface area contributed by atoms with Crippen molar-refractivity contribution in [3.63, 3.8) is 0 Å². The molecule has 0 bridgehead atoms. The summed E-state index contributed by atoms with van der Waals surface area (Å²) in [5.41, 5.74) is 11.6. The van der Waals surface area contributed by atoms with Crippen LogP contribution in [0.2, 0.25) is 10.0 Å². The number of thioether (sulfide) groups is 2. The molecule has 4 saturated heterocycles. The number of piperidine rings is 1. The van der Waals surface area contributed by atoms with Crippen LogP contribution in [0.25, 0.3) is 44.8 Å². The summed E-state index contributed by atoms with van der Waals surface area (Å²) in [6.45, 7) is 27.6. The van der Waals surface area contributed by atoms with E-state index in [1.165, 1.54) is 36.8 Å². The molecule has 6 heterocycles. The number of aryl methyl sites for hydroxylation is 2. The number of hydrogen-bond acceptors (Lipinski definition) is 22. The number of piperazine rings is 2. The molecule has 2 aromatic heterocycles. The van der Waals surface area contributed by atoms with Crippen molar-refractivity contribution in [3.8, 4) is 44.8 Å². The summed E-state index contributed by atoms with van der Waals surface area (Å²) in [7, 11) is -19.6. The van der Waals surface area contributed by atoms with Crippen LogP contribution in [0.15, 0.2) is 260 Å². The van der Waals surface area contributed by atoms with Gasteiger partial charge in [0.2, 0.25) is 0 Å². The van der Waals surface area contributed by atoms with Crippen molar-refractivity contribution in [2.75, 3.05) is 168 Å². The third-order valence-electron chi connectivity index (χ3n) is 28.1. The summed E-state index contributed by atoms with van der Waals surface area (Å²) < 4.78 is 167. The number of ether oxygens (including phenoxy) is 1. The molecule has 16 rings (SSSR count). The standard InChI is InChI=1S/C56H67ClFN6O9PS3.C55H64ClFN6O6S3/c1-38(2)64-40(4)54(76(6,69)70)52(53(64)41-13-15-43(57)16-14-41)42-32-44(58)34-48(33-42)63-27-25-62(26-28-63)47-19-17-45(18-20-47)60-77(71,72)50-21-22-51(39(3)31-50)59-46(35-75-49-11-8-7-9-12-49)23-24-61-36-56(5,37-61)55(65)73-29-10-30-74(66,67)68;1-37(2)63-39(4)53(71(6,66)67)51(52(63)40-12-14-42(56)15-13-40)41-33-43(57)35-47(34-41)62-30-28-61(29-31-62)46-18-16-44(17-19-46)59-72(68,69)49-20-21-50(38(3)32-49)58-45(36-70-48-10-8-7-9-11-48)22-25-60-26-23-55(5,24-27-60)54(64)65/h7-9,11-22,31-34,38,46,59-60H,10,23-30,35-37H2,1-6H3,(H2,66,67,68);7-21,32-35,37,45,58-59H,22-31,36H2,1-6H3,(H,64,65)/t46-;45-/m11/s1. The van der Waals surface area contributed by atoms with Gasteiger partial charge in [0, 0.05) is 215 Å². The van der Waals surface area contributed by atoms with Crippen LogP contribution in [0.1, 0.15) is 108 Å². The number of carboxylic acids is 1. The summed E-state index contributed by atoms with van der Waals surface area (Å²) in [5.74, 6) is -0.540. The first-order chi connectivity index (χ1) is 70.6. The van der Waals surface area contributed by atoms with Gasteiger partial charge >= 0.3 is 19.5 Å². The van der Waals surface area contributed by atoms with E-state index in [1.54, 1.807) is 116 Å². The molecule has 7 N–H and O–H groups in total. The summed E-state index contributed by atoms with van der Waals surface area (Å²) in [4.78, 5) is 58.8. The molecular weight excluding hydrogens is 2070 g/mol. The van der Waals surface area contributed by atoms with Gasteiger partial charge in [0.05, 0.1) is 54.6 Å². The molecule has 0 aliphatic carbocycles. The Balaban J connectivity index is 0.000000223. The van der Waals surface area contributed by atoms with Crippen molar-refractivity contribution >= 4 is 151 Å². The van der Waals surface area contributed by atoms with E-state index in [4.69, 9.17) is 37.7 Å². The number of benzene rings is 10. The minimum absolute atomic E-state index is 0.00778. The number of rotatable bonds is 40. The summed E-state index contributed by atoms with van der Waals surface area (Å²) in [5, 5.41) is 18.1. The van der Waals surface area contributed by atoms with Crippen molar-refractivity contribution in [3.05, 3.63) is 275 Å². The predicted octanol–water partition coefficient (Wildman–Crippen LogP) is 22.2. The Hall–Kier alpha value is -10.9. The van der Waals surface area contributed by atoms with Crippen LogP contribution < -0.4 is 39.7 Å². The minimum atomic E-state index is -4.15. The molecular formula is C111H131Cl2F2N12O15PS6. The zero-order valence-electron chi connectivity index (χ0n) is 85.7. The highest BCUT2D eigenvalue weighted by Crippen LogP contribution is 2.49. The van der Waals surface area contributed by atoms with E-state index in [0.717, 1.165) is 98.8 Å². The molecule has 4 fully saturated rings. The van der Waals surface area contributed by atoms with Gasteiger partial charge in [0.25, 0.3) is 20.0 Å². The molecule has 38 heteroatoms. The zero-order chi connectivity index (χ0) is 107. The average molecular weight is 2210 g/mol. The molecule has 4 aliphatic heterocycles. The third kappa shape index (κ3) is 28.0. The molecule has 0 radical (unpaired) electrons. The van der Waals surface area contributed by atoms with E-state index < -0.39 is 75.8 Å². The zero-order valence-corrected chi connectivity index (χ0v) is 93.0. The Morgan fingerprint density at radius 1 is 0.463 bits per heavy atom. The van der Waals surface area contributed by atoms with Crippen molar-refractivity contribution < 1.29 is 76.2 Å². The molecule has 0 spiro atoms. The van der Waals surface area contributed by atoms with Crippen LogP contribution >= 0.6 is 54.3 Å². The van der Waals surface area contributed by atoms with Gasteiger partial charge in [-0.15, -0.1) is 23.5 Å². The van der Waals surface area contributed by atoms with Gasteiger partial charge < -0.3 is 68.8 Å². The third-order valence-corrected chi connectivity index (χ3v) is 37.0. The van der Waals surface area contributed by atoms with Gasteiger partial charge in [-0.2, -0.15) is 0 Å². The van der Waals surface area contributed by atoms with Gasteiger partial charge in [-0.1, -0.05) is 83.9 Å². The number of carbonyl (C=O) groups excluding carboxylic acids is 1. The first kappa shape index (κ1) is 112. The highest BCUT2D eigenvalue weighted by molar-refractivity contribution is 7.99. The van der Waals surface area contributed by atoms with Crippen molar-refractivity contribution in [1.82, 2.24) is 18.9 Å². The normalized spacial score (nSPS) is 15.8. The average Bonchev–Trinajstić information content (AvgIpc) is 1.58. The number of carbonyl (C=O) groups is 2. The largest absolute Gasteiger partial charge is 0.481 e. The number of halogens is 4. The Bertz CT molecular complexity index is 7340. The number of nitrogens with one attached hydrogen (secondary N) is 4. The van der Waals surface area contributed by atoms with Gasteiger partial charge in [-0.05, 0) is 318 Å². The number of anilines is 8. The number of aromatic nitrogens is 2. The monoisotopic (exact) mass is 2200 g/mol. The summed E-state index contributed by atoms with van der Waals surface area (Å²) in [6.07, 6.45) is 4.96. The molecule has 0 saturated carbocycles. The van der Waals surface area contributed by atoms with Crippen LogP contribution in [-0.4, -0.2) is 220 Å². The quantitative estimate of drug-likeness (QED) is 0.00812. The van der Waals surface area contributed by atoms with Crippen LogP contribution in [-0.2, 0) is 58.6 Å². The summed E-state index contributed by atoms with van der Waals surface area (Å²) in [6, 6.07) is 68.8. The Morgan fingerprint density at radius 3 is 1.18 bits per heavy atom. The fourth-order valence-electron chi connectivity index (χ4n) is 20.2. The molecule has 27 nitrogen and oxygen atoms in total. The lowest BCUT2D eigenvalue weighted by Gasteiger charge is -2.46. The minimum Gasteiger partial charge on any atom is -0.481 e. The summed E-state index contributed by atoms with van der Waals surface area (Å²) >= 11 is 16.0. The first-order valence-electron chi connectivity index (χ1n) is 49.9. The fraction of sp³-hybridized carbons (Fsp3) is 0.369. The van der Waals surface area contributed by atoms with Crippen molar-refractivity contribution in [2.24, 2.45) is 10.8 Å². The number of carboxylic acid groups (broad SMARTS) is 1. The number of aliphatic carboxylic acids is 1. The lowest BCUT2D eigenvalue weighted by Crippen LogP contribution is -2.59. The van der Waals surface area contributed by atoms with E-state index in [9.17, 15) is 52.9 Å². The van der Waals surface area contributed by atoms with Gasteiger partial charge in [-0.25, -0.2) is 42.5 Å². The maximum Gasteiger partial charge on any atom is 0.325 e. The Labute approximate surface area is 893 Å². The van der Waals surface area contributed by atoms with Gasteiger partial charge in [0.15, 0.2) is 19.7 Å². The number of sulfonamides is 2. The molecule has 149 heavy (non-hydrogen) atoms. The second-order valence-electron chi connectivity index (χ2n) is 40.2. The molecule has 0 unspecified atom stereocenters. The topological polar surface area (TPSA) is 335 Å². The maximum atomic E-state index is 15.8. The van der Waals surface area contributed by atoms with E-state index >= 15 is 8.78 Å². The SMILES string of the molecule is Cc1cc(S(=O)(=O)Nc2ccc(N3CCN(c4cc(F)cc(-c5c(S(C)(=O)=O)c(C)n(C(C)C)c5-c5ccc(Cl)cc5)c4)CC3)cc2)ccc1N[C@H](CCN1CC(C)(C(=O)OCCCP(=O)(O)O)C1)CSc1ccccc1.Cc1cc(S(=O)(=O)Nc2ccc(N3CCN(c4cc(F)cc(-c5c(S(C)(=O)=O)c(C)n(C(C)C)c5-c5ccc(Cl)cc5)c4)CC3)cc2)ccc1N[C@H](CCN1CCC(C)(C(=O)O)CC1)CSc1ccccc1. The van der Waals surface area contributed by atoms with Gasteiger partial charge in [0.1, 0.15) is 11.6 Å². The fourth-order valence-corrected chi connectivity index (χ4v) is 27.7. The Kier molecular flexibility index (Phi) is 35.8. The highest BCUT2D eigenvalue weighted by Gasteiger charge is 2.47. The maximum absolute atomic E-state index is 15.8. The predicted molar refractivity (Wildman–Crippen MR) is 600 cm³/mol. The van der Waals surface area contributed by atoms with E-state index in [2.05, 4.69) is 73.7 Å². The first-order valence-corrected chi connectivity index (χ1v) is 61.1. The second kappa shape index (κ2) is 47.6. The van der Waals surface area contributed by atoms with Gasteiger partial charge in [-0.3, -0.25) is 23.6 Å². The molecule has 12 aromatic rings. The van der Waals surface area contributed by atoms with Crippen LogP contribution in [0.5, 0.6) is 0 Å². The molecule has 4 aliphatic rings. The van der Waals surface area contributed by atoms with Crippen molar-refractivity contribution in [2.45, 2.75) is 155 Å². The molecule has 10 aromatic carbocycles. The number of nitrogens with zero attached hydrogens (tertiary/aromatic N) is 8. The van der Waals surface area contributed by atoms with E-state index in [1.807, 2.05) is 168 Å². The molecule has 794 valence electrons. The number of sulfone groups is 2.